The van der Waals surface area contributed by atoms with Gasteiger partial charge >= 0.3 is 6.09 Å². The Hall–Kier alpha value is -2.89. The zero-order valence-electron chi connectivity index (χ0n) is 11.5. The first-order valence-electron chi connectivity index (χ1n) is 6.61. The molecule has 1 amide bonds. The van der Waals surface area contributed by atoms with Gasteiger partial charge in [-0.25, -0.2) is 9.79 Å². The largest absolute Gasteiger partial charge is 0.448 e. The van der Waals surface area contributed by atoms with Gasteiger partial charge in [0.05, 0.1) is 18.5 Å². The molecular formula is C15H14N4O2. The number of hydrogen-bond acceptors (Lipinski definition) is 5. The summed E-state index contributed by atoms with van der Waals surface area (Å²) in [6, 6.07) is 11.3. The number of aromatic nitrogens is 1. The van der Waals surface area contributed by atoms with Crippen molar-refractivity contribution in [3.63, 3.8) is 0 Å². The minimum Gasteiger partial charge on any atom is -0.448 e. The number of hydrazine groups is 1. The molecule has 1 aromatic heterocycles. The van der Waals surface area contributed by atoms with E-state index in [-0.39, 0.29) is 0 Å². The molecule has 1 aliphatic heterocycles. The highest BCUT2D eigenvalue weighted by molar-refractivity contribution is 6.08. The summed E-state index contributed by atoms with van der Waals surface area (Å²) in [5, 5.41) is 1.34. The van der Waals surface area contributed by atoms with Gasteiger partial charge in [0.25, 0.3) is 0 Å². The van der Waals surface area contributed by atoms with Crippen molar-refractivity contribution in [3.05, 3.63) is 54.4 Å². The van der Waals surface area contributed by atoms with Crippen LogP contribution in [0.25, 0.3) is 0 Å². The molecule has 0 atom stereocenters. The minimum absolute atomic E-state index is 0.301. The summed E-state index contributed by atoms with van der Waals surface area (Å²) in [4.78, 5) is 20.7. The fourth-order valence-corrected chi connectivity index (χ4v) is 2.02. The van der Waals surface area contributed by atoms with Gasteiger partial charge in [0, 0.05) is 11.8 Å². The topological polar surface area (TPSA) is 66.8 Å². The standard InChI is InChI=1S/C15H14N4O2/c1-2-21-15(20)19-13-8-9-16-10-12(13)17-14(18-19)11-6-4-3-5-7-11/h3-10H,2H2,1H3,(H,17,18). The number of rotatable bonds is 2. The first-order valence-corrected chi connectivity index (χ1v) is 6.61. The van der Waals surface area contributed by atoms with Gasteiger partial charge in [0.15, 0.2) is 5.84 Å². The molecule has 1 N–H and O–H groups in total. The fourth-order valence-electron chi connectivity index (χ4n) is 2.02. The third kappa shape index (κ3) is 2.55. The monoisotopic (exact) mass is 282 g/mol. The van der Waals surface area contributed by atoms with Gasteiger partial charge < -0.3 is 4.74 Å². The average molecular weight is 282 g/mol. The summed E-state index contributed by atoms with van der Waals surface area (Å²) >= 11 is 0. The molecule has 21 heavy (non-hydrogen) atoms. The maximum absolute atomic E-state index is 12.1. The highest BCUT2D eigenvalue weighted by Gasteiger charge is 2.26. The van der Waals surface area contributed by atoms with Crippen LogP contribution in [0.15, 0.2) is 53.8 Å². The van der Waals surface area contributed by atoms with Gasteiger partial charge in [-0.3, -0.25) is 10.4 Å². The molecule has 0 radical (unpaired) electrons. The quantitative estimate of drug-likeness (QED) is 0.919. The van der Waals surface area contributed by atoms with Crippen molar-refractivity contribution in [1.29, 1.82) is 0 Å². The molecule has 0 fully saturated rings. The number of amides is 1. The van der Waals surface area contributed by atoms with Crippen LogP contribution in [-0.4, -0.2) is 23.5 Å². The van der Waals surface area contributed by atoms with Crippen LogP contribution in [0.2, 0.25) is 0 Å². The molecule has 1 aliphatic rings. The number of pyridine rings is 1. The number of nitrogens with zero attached hydrogens (tertiary/aromatic N) is 3. The van der Waals surface area contributed by atoms with Gasteiger partial charge in [-0.15, -0.1) is 0 Å². The van der Waals surface area contributed by atoms with Gasteiger partial charge in [-0.2, -0.15) is 5.01 Å². The lowest BCUT2D eigenvalue weighted by Crippen LogP contribution is -2.48. The summed E-state index contributed by atoms with van der Waals surface area (Å²) in [5.74, 6) is 0.573. The molecule has 1 aromatic carbocycles. The number of hydrogen-bond donors (Lipinski definition) is 1. The van der Waals surface area contributed by atoms with Crippen molar-refractivity contribution in [2.75, 3.05) is 11.6 Å². The third-order valence-electron chi connectivity index (χ3n) is 2.97. The van der Waals surface area contributed by atoms with E-state index in [1.165, 1.54) is 5.01 Å². The van der Waals surface area contributed by atoms with E-state index in [9.17, 15) is 4.79 Å². The summed E-state index contributed by atoms with van der Waals surface area (Å²) in [6.07, 6.45) is 2.74. The van der Waals surface area contributed by atoms with E-state index < -0.39 is 6.09 Å². The highest BCUT2D eigenvalue weighted by Crippen LogP contribution is 2.30. The maximum atomic E-state index is 12.1. The molecule has 0 bridgehead atoms. The number of aliphatic imine (C=N–C) groups is 1. The Kier molecular flexibility index (Phi) is 3.51. The Morgan fingerprint density at radius 3 is 2.86 bits per heavy atom. The van der Waals surface area contributed by atoms with E-state index in [0.29, 0.717) is 23.8 Å². The summed E-state index contributed by atoms with van der Waals surface area (Å²) in [5.41, 5.74) is 5.10. The molecule has 0 spiro atoms. The lowest BCUT2D eigenvalue weighted by atomic mass is 10.2. The van der Waals surface area contributed by atoms with Crippen LogP contribution < -0.4 is 10.4 Å². The minimum atomic E-state index is -0.478. The number of anilines is 1. The van der Waals surface area contributed by atoms with Crippen LogP contribution in [0, 0.1) is 0 Å². The number of carbonyl (C=O) groups excluding carboxylic acids is 1. The predicted molar refractivity (Wildman–Crippen MR) is 79.5 cm³/mol. The Labute approximate surface area is 122 Å². The number of fused-ring (bicyclic) bond motifs is 1. The number of amidine groups is 1. The number of benzene rings is 1. The second-order valence-electron chi connectivity index (χ2n) is 4.34. The fraction of sp³-hybridized carbons (Fsp3) is 0.133. The van der Waals surface area contributed by atoms with Crippen molar-refractivity contribution < 1.29 is 9.53 Å². The molecule has 6 heteroatoms. The molecule has 0 aliphatic carbocycles. The zero-order valence-corrected chi connectivity index (χ0v) is 11.5. The molecule has 6 nitrogen and oxygen atoms in total. The van der Waals surface area contributed by atoms with Crippen molar-refractivity contribution in [2.24, 2.45) is 4.99 Å². The normalized spacial score (nSPS) is 13.0. The summed E-state index contributed by atoms with van der Waals surface area (Å²) < 4.78 is 5.07. The molecule has 0 saturated heterocycles. The first-order chi connectivity index (χ1) is 10.3. The van der Waals surface area contributed by atoms with E-state index in [2.05, 4.69) is 15.4 Å². The number of carbonyl (C=O) groups is 1. The van der Waals surface area contributed by atoms with Crippen LogP contribution in [-0.2, 0) is 4.74 Å². The number of nitrogens with one attached hydrogen (secondary N) is 1. The highest BCUT2D eigenvalue weighted by atomic mass is 16.6. The zero-order chi connectivity index (χ0) is 14.7. The van der Waals surface area contributed by atoms with Crippen molar-refractivity contribution in [1.82, 2.24) is 10.4 Å². The Morgan fingerprint density at radius 1 is 1.29 bits per heavy atom. The molecular weight excluding hydrogens is 268 g/mol. The molecule has 0 saturated carbocycles. The van der Waals surface area contributed by atoms with Crippen LogP contribution in [0.3, 0.4) is 0 Å². The van der Waals surface area contributed by atoms with Crippen LogP contribution in [0.5, 0.6) is 0 Å². The van der Waals surface area contributed by atoms with E-state index in [4.69, 9.17) is 4.74 Å². The lowest BCUT2D eigenvalue weighted by molar-refractivity contribution is 0.158. The molecule has 0 unspecified atom stereocenters. The van der Waals surface area contributed by atoms with Crippen molar-refractivity contribution in [2.45, 2.75) is 6.92 Å². The van der Waals surface area contributed by atoms with Crippen LogP contribution in [0.4, 0.5) is 16.2 Å². The lowest BCUT2D eigenvalue weighted by Gasteiger charge is -2.28. The van der Waals surface area contributed by atoms with E-state index in [1.54, 1.807) is 25.4 Å². The van der Waals surface area contributed by atoms with Gasteiger partial charge in [0.2, 0.25) is 0 Å². The molecule has 2 heterocycles. The van der Waals surface area contributed by atoms with Crippen LogP contribution in [0.1, 0.15) is 12.5 Å². The SMILES string of the molecule is CCOC(=O)N1NC(c2ccccc2)=Nc2cnccc21. The Bertz CT molecular complexity index is 685. The molecule has 3 rings (SSSR count). The van der Waals surface area contributed by atoms with Gasteiger partial charge in [-0.1, -0.05) is 30.3 Å². The van der Waals surface area contributed by atoms with Crippen molar-refractivity contribution in [3.8, 4) is 0 Å². The second-order valence-corrected chi connectivity index (χ2v) is 4.34. The summed E-state index contributed by atoms with van der Waals surface area (Å²) in [7, 11) is 0. The average Bonchev–Trinajstić information content (AvgIpc) is 2.55. The van der Waals surface area contributed by atoms with Gasteiger partial charge in [-0.05, 0) is 13.0 Å². The predicted octanol–water partition coefficient (Wildman–Crippen LogP) is 2.64. The Balaban J connectivity index is 2.03. The van der Waals surface area contributed by atoms with E-state index in [0.717, 1.165) is 5.56 Å². The molecule has 106 valence electrons. The van der Waals surface area contributed by atoms with E-state index in [1.807, 2.05) is 30.3 Å². The first kappa shape index (κ1) is 13.1. The maximum Gasteiger partial charge on any atom is 0.433 e. The third-order valence-corrected chi connectivity index (χ3v) is 2.97. The van der Waals surface area contributed by atoms with Crippen LogP contribution >= 0.6 is 0 Å². The van der Waals surface area contributed by atoms with E-state index >= 15 is 0 Å². The van der Waals surface area contributed by atoms with Crippen molar-refractivity contribution >= 4 is 23.3 Å². The summed E-state index contributed by atoms with van der Waals surface area (Å²) in [6.45, 7) is 2.07. The smallest absolute Gasteiger partial charge is 0.433 e. The second kappa shape index (κ2) is 5.62. The van der Waals surface area contributed by atoms with Gasteiger partial charge in [0.1, 0.15) is 5.69 Å². The molecule has 2 aromatic rings. The number of ether oxygens (including phenoxy) is 1. The Morgan fingerprint density at radius 2 is 2.10 bits per heavy atom.